The molecule has 21 heavy (non-hydrogen) atoms. The van der Waals surface area contributed by atoms with Crippen LogP contribution in [0, 0.1) is 5.41 Å². The summed E-state index contributed by atoms with van der Waals surface area (Å²) < 4.78 is 10.8. The number of ether oxygens (including phenoxy) is 2. The zero-order valence-electron chi connectivity index (χ0n) is 13.4. The first-order valence-corrected chi connectivity index (χ1v) is 7.64. The molecule has 0 radical (unpaired) electrons. The number of hydrogen-bond acceptors (Lipinski definition) is 4. The van der Waals surface area contributed by atoms with Gasteiger partial charge in [-0.05, 0) is 53.9 Å². The van der Waals surface area contributed by atoms with E-state index in [2.05, 4.69) is 0 Å². The quantitative estimate of drug-likeness (QED) is 0.574. The molecule has 1 heterocycles. The first-order chi connectivity index (χ1) is 9.50. The van der Waals surface area contributed by atoms with Crippen LogP contribution < -0.4 is 0 Å². The molecular weight excluding hydrogens is 292 g/mol. The van der Waals surface area contributed by atoms with E-state index < -0.39 is 23.6 Å². The van der Waals surface area contributed by atoms with E-state index in [1.54, 1.807) is 20.8 Å². The van der Waals surface area contributed by atoms with Crippen LogP contribution in [0.1, 0.15) is 53.9 Å². The van der Waals surface area contributed by atoms with E-state index in [0.717, 1.165) is 12.8 Å². The first-order valence-electron chi connectivity index (χ1n) is 7.26. The number of carbonyl (C=O) groups excluding carboxylic acids is 2. The molecule has 0 amide bonds. The summed E-state index contributed by atoms with van der Waals surface area (Å²) in [6.45, 7) is 9.15. The van der Waals surface area contributed by atoms with Gasteiger partial charge in [0.1, 0.15) is 6.10 Å². The molecule has 0 spiro atoms. The van der Waals surface area contributed by atoms with Crippen molar-refractivity contribution in [2.24, 2.45) is 5.41 Å². The molecule has 1 aliphatic heterocycles. The Bertz CT molecular complexity index is 415. The fourth-order valence-corrected chi connectivity index (χ4v) is 2.06. The fraction of sp³-hybridized carbons (Fsp3) is 0.750. The van der Waals surface area contributed by atoms with Gasteiger partial charge in [-0.25, -0.2) is 0 Å². The highest BCUT2D eigenvalue weighted by molar-refractivity contribution is 6.23. The summed E-state index contributed by atoms with van der Waals surface area (Å²) in [5.74, 6) is -0.628. The van der Waals surface area contributed by atoms with Crippen LogP contribution in [0.3, 0.4) is 0 Å². The summed E-state index contributed by atoms with van der Waals surface area (Å²) in [5.41, 5.74) is -0.649. The molecule has 2 atom stereocenters. The average Bonchev–Trinajstić information content (AvgIpc) is 2.30. The van der Waals surface area contributed by atoms with Crippen molar-refractivity contribution in [2.45, 2.75) is 71.0 Å². The van der Waals surface area contributed by atoms with E-state index in [-0.39, 0.29) is 10.7 Å². The highest BCUT2D eigenvalue weighted by atomic mass is 35.5. The number of alkyl halides is 1. The lowest BCUT2D eigenvalue weighted by Gasteiger charge is -2.30. The Kier molecular flexibility index (Phi) is 5.85. The maximum absolute atomic E-state index is 12.0. The molecule has 120 valence electrons. The van der Waals surface area contributed by atoms with Crippen LogP contribution in [-0.2, 0) is 19.1 Å². The van der Waals surface area contributed by atoms with E-state index >= 15 is 0 Å². The molecule has 0 saturated carbocycles. The van der Waals surface area contributed by atoms with Crippen LogP contribution in [0.15, 0.2) is 12.3 Å². The van der Waals surface area contributed by atoms with E-state index in [1.807, 2.05) is 13.8 Å². The third kappa shape index (κ3) is 6.08. The fourth-order valence-electron chi connectivity index (χ4n) is 1.93. The highest BCUT2D eigenvalue weighted by Gasteiger charge is 2.37. The predicted octanol–water partition coefficient (Wildman–Crippen LogP) is 3.61. The number of ketones is 1. The standard InChI is InChI=1S/C16H25ClO4/c1-15(2,3)14(19)21-13-11(18)8-10-20-12(13)7-6-9-16(4,5)17/h8,10,12-13H,6-7,9H2,1-5H3/t12-,13-/m0/s1. The topological polar surface area (TPSA) is 52.6 Å². The highest BCUT2D eigenvalue weighted by Crippen LogP contribution is 2.26. The molecule has 1 aliphatic rings. The van der Waals surface area contributed by atoms with Crippen molar-refractivity contribution in [3.8, 4) is 0 Å². The van der Waals surface area contributed by atoms with Gasteiger partial charge in [0.25, 0.3) is 0 Å². The van der Waals surface area contributed by atoms with Crippen molar-refractivity contribution in [3.63, 3.8) is 0 Å². The molecule has 0 unspecified atom stereocenters. The van der Waals surface area contributed by atoms with Crippen LogP contribution in [0.2, 0.25) is 0 Å². The van der Waals surface area contributed by atoms with Crippen LogP contribution in [-0.4, -0.2) is 28.8 Å². The second-order valence-corrected chi connectivity index (χ2v) is 8.09. The molecule has 1 rings (SSSR count). The number of esters is 1. The van der Waals surface area contributed by atoms with Gasteiger partial charge in [-0.1, -0.05) is 0 Å². The SMILES string of the molecule is CC(C)(Cl)CCC[C@@H]1OC=CC(=O)[C@@H]1OC(=O)C(C)(C)C. The Balaban J connectivity index is 2.66. The van der Waals surface area contributed by atoms with Crippen LogP contribution in [0.4, 0.5) is 0 Å². The molecule has 0 N–H and O–H groups in total. The maximum atomic E-state index is 12.0. The molecule has 5 heteroatoms. The van der Waals surface area contributed by atoms with E-state index in [9.17, 15) is 9.59 Å². The van der Waals surface area contributed by atoms with E-state index in [0.29, 0.717) is 6.42 Å². The number of carbonyl (C=O) groups is 2. The van der Waals surface area contributed by atoms with Crippen molar-refractivity contribution in [1.29, 1.82) is 0 Å². The summed E-state index contributed by atoms with van der Waals surface area (Å²) in [6.07, 6.45) is 3.60. The molecule has 4 nitrogen and oxygen atoms in total. The van der Waals surface area contributed by atoms with Crippen molar-refractivity contribution in [2.75, 3.05) is 0 Å². The van der Waals surface area contributed by atoms with Crippen molar-refractivity contribution < 1.29 is 19.1 Å². The zero-order chi connectivity index (χ0) is 16.3. The van der Waals surface area contributed by atoms with Gasteiger partial charge in [0.2, 0.25) is 11.9 Å². The number of hydrogen-bond donors (Lipinski definition) is 0. The summed E-state index contributed by atoms with van der Waals surface area (Å²) in [6, 6.07) is 0. The Morgan fingerprint density at radius 2 is 1.95 bits per heavy atom. The first kappa shape index (κ1) is 18.0. The molecule has 0 aliphatic carbocycles. The Morgan fingerprint density at radius 1 is 1.33 bits per heavy atom. The molecule has 0 saturated heterocycles. The van der Waals surface area contributed by atoms with Gasteiger partial charge in [0.05, 0.1) is 11.7 Å². The van der Waals surface area contributed by atoms with Crippen LogP contribution >= 0.6 is 11.6 Å². The lowest BCUT2D eigenvalue weighted by Crippen LogP contribution is -2.43. The molecule has 0 fully saturated rings. The number of halogens is 1. The Morgan fingerprint density at radius 3 is 2.48 bits per heavy atom. The molecule has 0 aromatic carbocycles. The molecule has 0 aromatic heterocycles. The Labute approximate surface area is 131 Å². The molecule has 0 bridgehead atoms. The van der Waals surface area contributed by atoms with Gasteiger partial charge < -0.3 is 9.47 Å². The van der Waals surface area contributed by atoms with Gasteiger partial charge in [0, 0.05) is 11.0 Å². The second kappa shape index (κ2) is 6.82. The monoisotopic (exact) mass is 316 g/mol. The lowest BCUT2D eigenvalue weighted by atomic mass is 9.95. The average molecular weight is 317 g/mol. The second-order valence-electron chi connectivity index (χ2n) is 7.07. The minimum atomic E-state index is -0.861. The van der Waals surface area contributed by atoms with Crippen molar-refractivity contribution in [1.82, 2.24) is 0 Å². The van der Waals surface area contributed by atoms with E-state index in [4.69, 9.17) is 21.1 Å². The van der Waals surface area contributed by atoms with Gasteiger partial charge in [-0.3, -0.25) is 9.59 Å². The van der Waals surface area contributed by atoms with Gasteiger partial charge >= 0.3 is 5.97 Å². The minimum absolute atomic E-state index is 0.228. The minimum Gasteiger partial charge on any atom is -0.494 e. The smallest absolute Gasteiger partial charge is 0.312 e. The third-order valence-electron chi connectivity index (χ3n) is 3.21. The zero-order valence-corrected chi connectivity index (χ0v) is 14.2. The predicted molar refractivity (Wildman–Crippen MR) is 82.1 cm³/mol. The van der Waals surface area contributed by atoms with Crippen LogP contribution in [0.25, 0.3) is 0 Å². The van der Waals surface area contributed by atoms with Gasteiger partial charge in [0.15, 0.2) is 0 Å². The van der Waals surface area contributed by atoms with Crippen molar-refractivity contribution >= 4 is 23.4 Å². The molecule has 0 aromatic rings. The van der Waals surface area contributed by atoms with Gasteiger partial charge in [-0.2, -0.15) is 0 Å². The van der Waals surface area contributed by atoms with Crippen LogP contribution in [0.5, 0.6) is 0 Å². The third-order valence-corrected chi connectivity index (χ3v) is 3.40. The van der Waals surface area contributed by atoms with Crippen molar-refractivity contribution in [3.05, 3.63) is 12.3 Å². The lowest BCUT2D eigenvalue weighted by molar-refractivity contribution is -0.170. The molecular formula is C16H25ClO4. The normalized spacial score (nSPS) is 22.9. The number of rotatable bonds is 5. The summed E-state index contributed by atoms with van der Waals surface area (Å²) in [7, 11) is 0. The maximum Gasteiger partial charge on any atom is 0.312 e. The largest absolute Gasteiger partial charge is 0.494 e. The summed E-state index contributed by atoms with van der Waals surface area (Å²) in [5, 5.41) is 0. The van der Waals surface area contributed by atoms with E-state index in [1.165, 1.54) is 12.3 Å². The summed E-state index contributed by atoms with van der Waals surface area (Å²) >= 11 is 6.15. The van der Waals surface area contributed by atoms with Gasteiger partial charge in [-0.15, -0.1) is 11.6 Å². The summed E-state index contributed by atoms with van der Waals surface area (Å²) in [4.78, 5) is 23.7. The Hall–Kier alpha value is -1.03.